The minimum absolute atomic E-state index is 0.186. The summed E-state index contributed by atoms with van der Waals surface area (Å²) in [6, 6.07) is 0. The maximum Gasteiger partial charge on any atom is 0.435 e. The summed E-state index contributed by atoms with van der Waals surface area (Å²) in [5.74, 6) is -0.417. The van der Waals surface area contributed by atoms with E-state index in [2.05, 4.69) is 21.4 Å². The van der Waals surface area contributed by atoms with Crippen LogP contribution in [0.3, 0.4) is 0 Å². The fourth-order valence-electron chi connectivity index (χ4n) is 3.34. The molecule has 0 bridgehead atoms. The van der Waals surface area contributed by atoms with Crippen LogP contribution in [0.5, 0.6) is 0 Å². The van der Waals surface area contributed by atoms with Crippen molar-refractivity contribution in [1.29, 1.82) is 0 Å². The second-order valence-corrected chi connectivity index (χ2v) is 6.92. The molecule has 0 saturated carbocycles. The van der Waals surface area contributed by atoms with Crippen LogP contribution in [-0.2, 0) is 30.4 Å². The van der Waals surface area contributed by atoms with Gasteiger partial charge in [0.15, 0.2) is 5.69 Å². The molecule has 2 aliphatic rings. The van der Waals surface area contributed by atoms with E-state index in [0.717, 1.165) is 24.1 Å². The topological polar surface area (TPSA) is 85.3 Å². The summed E-state index contributed by atoms with van der Waals surface area (Å²) in [6.07, 6.45) is 3.12. The third kappa shape index (κ3) is 4.39. The monoisotopic (exact) mass is 411 g/mol. The van der Waals surface area contributed by atoms with E-state index >= 15 is 0 Å². The van der Waals surface area contributed by atoms with Gasteiger partial charge in [0.1, 0.15) is 6.54 Å². The Labute approximate surface area is 164 Å². The van der Waals surface area contributed by atoms with Gasteiger partial charge in [-0.2, -0.15) is 22.7 Å². The smallest absolute Gasteiger partial charge is 0.350 e. The van der Waals surface area contributed by atoms with E-state index < -0.39 is 17.8 Å². The molecule has 0 saturated heterocycles. The average molecular weight is 411 g/mol. The van der Waals surface area contributed by atoms with Gasteiger partial charge in [-0.25, -0.2) is 0 Å². The number of allylic oxidation sites excluding steroid dienone is 3. The maximum absolute atomic E-state index is 13.2. The lowest BCUT2D eigenvalue weighted by Gasteiger charge is -2.16. The summed E-state index contributed by atoms with van der Waals surface area (Å²) in [5.41, 5.74) is 1.85. The van der Waals surface area contributed by atoms with Gasteiger partial charge in [-0.15, -0.1) is 0 Å². The molecule has 2 aliphatic carbocycles. The standard InChI is InChI=1S/C18H20F3N5OS/c1-11-12(5-4-7-14(11)25-28-22)9-23-16(27)10-26-15-8-3-2-6-13(15)17(24-26)18(19,20)21/h4-5,7H,1-3,6,8-10,22H2,(H,23,27)/b25-14-. The van der Waals surface area contributed by atoms with Crippen LogP contribution in [0.4, 0.5) is 13.2 Å². The molecule has 1 heterocycles. The number of amides is 1. The molecule has 3 rings (SSSR count). The molecule has 1 aromatic heterocycles. The second kappa shape index (κ2) is 8.36. The van der Waals surface area contributed by atoms with E-state index in [1.165, 1.54) is 4.68 Å². The Hall–Kier alpha value is -2.33. The molecular weight excluding hydrogens is 391 g/mol. The molecule has 1 aromatic rings. The highest BCUT2D eigenvalue weighted by Gasteiger charge is 2.39. The summed E-state index contributed by atoms with van der Waals surface area (Å²) in [5, 5.41) is 11.8. The fraction of sp³-hybridized carbons (Fsp3) is 0.389. The van der Waals surface area contributed by atoms with Gasteiger partial charge in [0, 0.05) is 17.8 Å². The Bertz CT molecular complexity index is 883. The number of fused-ring (bicyclic) bond motifs is 1. The number of nitrogens with two attached hydrogens (primary N) is 1. The van der Waals surface area contributed by atoms with E-state index in [9.17, 15) is 18.0 Å². The van der Waals surface area contributed by atoms with Gasteiger partial charge in [0.2, 0.25) is 5.91 Å². The highest BCUT2D eigenvalue weighted by Crippen LogP contribution is 2.35. The number of hydrogen-bond acceptors (Lipinski definition) is 5. The third-order valence-electron chi connectivity index (χ3n) is 4.69. The lowest BCUT2D eigenvalue weighted by Crippen LogP contribution is -2.31. The molecule has 0 aliphatic heterocycles. The summed E-state index contributed by atoms with van der Waals surface area (Å²) < 4.78 is 44.9. The molecule has 0 unspecified atom stereocenters. The van der Waals surface area contributed by atoms with E-state index in [0.29, 0.717) is 36.2 Å². The predicted octanol–water partition coefficient (Wildman–Crippen LogP) is 2.91. The number of halogens is 3. The van der Waals surface area contributed by atoms with Crippen molar-refractivity contribution in [2.24, 2.45) is 9.54 Å². The lowest BCUT2D eigenvalue weighted by atomic mass is 9.95. The molecule has 0 fully saturated rings. The zero-order valence-corrected chi connectivity index (χ0v) is 15.9. The van der Waals surface area contributed by atoms with Crippen molar-refractivity contribution in [3.05, 3.63) is 52.9 Å². The number of aromatic nitrogens is 2. The van der Waals surface area contributed by atoms with Crippen LogP contribution >= 0.6 is 12.1 Å². The number of carbonyl (C=O) groups is 1. The third-order valence-corrected chi connectivity index (χ3v) is 5.00. The molecule has 0 spiro atoms. The van der Waals surface area contributed by atoms with Gasteiger partial charge in [0.25, 0.3) is 0 Å². The number of nitrogens with zero attached hydrogens (tertiary/aromatic N) is 3. The molecule has 1 amide bonds. The Morgan fingerprint density at radius 3 is 2.86 bits per heavy atom. The van der Waals surface area contributed by atoms with E-state index in [1.54, 1.807) is 18.2 Å². The van der Waals surface area contributed by atoms with Crippen molar-refractivity contribution >= 4 is 23.8 Å². The van der Waals surface area contributed by atoms with Crippen molar-refractivity contribution in [2.45, 2.75) is 38.4 Å². The number of rotatable bonds is 5. The molecule has 150 valence electrons. The van der Waals surface area contributed by atoms with Crippen molar-refractivity contribution in [2.75, 3.05) is 6.54 Å². The second-order valence-electron chi connectivity index (χ2n) is 6.52. The molecule has 0 radical (unpaired) electrons. The Kier molecular flexibility index (Phi) is 6.09. The molecule has 3 N–H and O–H groups in total. The maximum atomic E-state index is 13.2. The first-order valence-corrected chi connectivity index (χ1v) is 9.58. The molecule has 10 heteroatoms. The van der Waals surface area contributed by atoms with Crippen molar-refractivity contribution in [3.63, 3.8) is 0 Å². The predicted molar refractivity (Wildman–Crippen MR) is 102 cm³/mol. The molecule has 0 atom stereocenters. The van der Waals surface area contributed by atoms with Crippen LogP contribution in [0.15, 0.2) is 40.4 Å². The van der Waals surface area contributed by atoms with E-state index in [-0.39, 0.29) is 18.7 Å². The van der Waals surface area contributed by atoms with Gasteiger partial charge in [0.05, 0.1) is 17.8 Å². The van der Waals surface area contributed by atoms with Gasteiger partial charge in [-0.1, -0.05) is 18.7 Å². The van der Waals surface area contributed by atoms with Gasteiger partial charge < -0.3 is 5.32 Å². The minimum Gasteiger partial charge on any atom is -0.350 e. The minimum atomic E-state index is -4.52. The number of hydrogen-bond donors (Lipinski definition) is 2. The zero-order valence-electron chi connectivity index (χ0n) is 15.1. The van der Waals surface area contributed by atoms with E-state index in [1.807, 2.05) is 0 Å². The molecule has 6 nitrogen and oxygen atoms in total. The quantitative estimate of drug-likeness (QED) is 0.730. The van der Waals surface area contributed by atoms with Crippen LogP contribution in [0, 0.1) is 0 Å². The fourth-order valence-corrected chi connectivity index (χ4v) is 3.63. The summed E-state index contributed by atoms with van der Waals surface area (Å²) in [6.45, 7) is 3.86. The van der Waals surface area contributed by atoms with Crippen LogP contribution in [0.2, 0.25) is 0 Å². The van der Waals surface area contributed by atoms with Crippen LogP contribution in [0.25, 0.3) is 0 Å². The normalized spacial score (nSPS) is 18.2. The van der Waals surface area contributed by atoms with Crippen LogP contribution in [-0.4, -0.2) is 27.9 Å². The van der Waals surface area contributed by atoms with Gasteiger partial charge >= 0.3 is 6.18 Å². The van der Waals surface area contributed by atoms with Crippen molar-refractivity contribution in [3.8, 4) is 0 Å². The van der Waals surface area contributed by atoms with Gasteiger partial charge in [-0.05, 0) is 42.9 Å². The summed E-state index contributed by atoms with van der Waals surface area (Å²) in [4.78, 5) is 12.3. The number of alkyl halides is 3. The average Bonchev–Trinajstić information content (AvgIpc) is 3.02. The van der Waals surface area contributed by atoms with Crippen LogP contribution in [0.1, 0.15) is 29.8 Å². The number of nitrogens with one attached hydrogen (secondary N) is 1. The highest BCUT2D eigenvalue weighted by atomic mass is 32.2. The van der Waals surface area contributed by atoms with E-state index in [4.69, 9.17) is 5.14 Å². The van der Waals surface area contributed by atoms with Gasteiger partial charge in [-0.3, -0.25) is 14.6 Å². The molecule has 0 aromatic carbocycles. The number of carbonyl (C=O) groups excluding carboxylic acids is 1. The highest BCUT2D eigenvalue weighted by molar-refractivity contribution is 7.95. The first-order chi connectivity index (χ1) is 13.3. The Morgan fingerprint density at radius 2 is 2.14 bits per heavy atom. The first kappa shape index (κ1) is 20.4. The SMILES string of the molecule is C=C1C(CNC(=O)Cn2nc(C(F)(F)F)c3c2CCCC3)=CC=C/C1=N/SN. The van der Waals surface area contributed by atoms with Crippen molar-refractivity contribution in [1.82, 2.24) is 15.1 Å². The summed E-state index contributed by atoms with van der Waals surface area (Å²) >= 11 is 0.815. The molecular formula is C18H20F3N5OS. The molecule has 28 heavy (non-hydrogen) atoms. The van der Waals surface area contributed by atoms with Crippen molar-refractivity contribution < 1.29 is 18.0 Å². The Balaban J connectivity index is 1.68. The lowest BCUT2D eigenvalue weighted by molar-refractivity contribution is -0.142. The summed E-state index contributed by atoms with van der Waals surface area (Å²) in [7, 11) is 0. The van der Waals surface area contributed by atoms with Crippen LogP contribution < -0.4 is 10.5 Å². The largest absolute Gasteiger partial charge is 0.435 e. The zero-order chi connectivity index (χ0) is 20.3. The first-order valence-electron chi connectivity index (χ1n) is 8.74. The Morgan fingerprint density at radius 1 is 1.39 bits per heavy atom.